The van der Waals surface area contributed by atoms with Crippen molar-refractivity contribution in [2.24, 2.45) is 0 Å². The van der Waals surface area contributed by atoms with Crippen LogP contribution < -0.4 is 15.5 Å². The largest absolute Gasteiger partial charge is 0.378 e. The fourth-order valence-electron chi connectivity index (χ4n) is 3.38. The van der Waals surface area contributed by atoms with Gasteiger partial charge in [-0.1, -0.05) is 6.07 Å². The number of aromatic amines is 1. The fraction of sp³-hybridized carbons (Fsp3) is 0.190. The number of aromatic nitrogens is 4. The summed E-state index contributed by atoms with van der Waals surface area (Å²) in [6.45, 7) is 3.33. The summed E-state index contributed by atoms with van der Waals surface area (Å²) < 4.78 is 5.44. The van der Waals surface area contributed by atoms with Crippen LogP contribution in [0.15, 0.2) is 60.9 Å². The minimum absolute atomic E-state index is 0.539. The quantitative estimate of drug-likeness (QED) is 0.481. The van der Waals surface area contributed by atoms with Gasteiger partial charge in [0, 0.05) is 41.7 Å². The van der Waals surface area contributed by atoms with E-state index in [1.807, 2.05) is 36.4 Å². The Labute approximate surface area is 167 Å². The molecule has 1 saturated heterocycles. The summed E-state index contributed by atoms with van der Waals surface area (Å²) in [6.07, 6.45) is 3.54. The average molecular weight is 387 g/mol. The smallest absolute Gasteiger partial charge is 0.229 e. The SMILES string of the molecule is c1cc(Nc2nccc(Nc3ccc4cn[nH]c4c3)n2)cc(N2CCOCC2)c1. The molecule has 0 saturated carbocycles. The van der Waals surface area contributed by atoms with Crippen LogP contribution in [0.5, 0.6) is 0 Å². The lowest BCUT2D eigenvalue weighted by atomic mass is 10.2. The van der Waals surface area contributed by atoms with Crippen LogP contribution in [0, 0.1) is 0 Å². The van der Waals surface area contributed by atoms with Crippen LogP contribution in [-0.4, -0.2) is 46.5 Å². The van der Waals surface area contributed by atoms with Crippen LogP contribution in [-0.2, 0) is 4.74 Å². The lowest BCUT2D eigenvalue weighted by molar-refractivity contribution is 0.122. The lowest BCUT2D eigenvalue weighted by Gasteiger charge is -2.29. The van der Waals surface area contributed by atoms with E-state index in [1.165, 1.54) is 5.69 Å². The molecule has 1 aliphatic heterocycles. The Morgan fingerprint density at radius 3 is 2.79 bits per heavy atom. The van der Waals surface area contributed by atoms with Gasteiger partial charge in [-0.15, -0.1) is 0 Å². The summed E-state index contributed by atoms with van der Waals surface area (Å²) in [4.78, 5) is 11.2. The van der Waals surface area contributed by atoms with Gasteiger partial charge in [0.1, 0.15) is 5.82 Å². The van der Waals surface area contributed by atoms with E-state index in [1.54, 1.807) is 12.4 Å². The Hall–Kier alpha value is -3.65. The van der Waals surface area contributed by atoms with E-state index in [9.17, 15) is 0 Å². The van der Waals surface area contributed by atoms with Crippen molar-refractivity contribution in [3.05, 3.63) is 60.9 Å². The summed E-state index contributed by atoms with van der Waals surface area (Å²) in [5.41, 5.74) is 4.02. The Kier molecular flexibility index (Phi) is 4.67. The first kappa shape index (κ1) is 17.4. The van der Waals surface area contributed by atoms with Crippen LogP contribution >= 0.6 is 0 Å². The van der Waals surface area contributed by atoms with Crippen molar-refractivity contribution in [2.45, 2.75) is 0 Å². The van der Waals surface area contributed by atoms with Gasteiger partial charge in [-0.2, -0.15) is 10.1 Å². The van der Waals surface area contributed by atoms with Gasteiger partial charge in [-0.05, 0) is 42.5 Å². The lowest BCUT2D eigenvalue weighted by Crippen LogP contribution is -2.36. The number of morpholine rings is 1. The molecule has 3 heterocycles. The molecule has 0 aliphatic carbocycles. The molecule has 0 atom stereocenters. The number of anilines is 5. The normalized spacial score (nSPS) is 14.1. The Morgan fingerprint density at radius 1 is 0.966 bits per heavy atom. The first-order valence-corrected chi connectivity index (χ1v) is 9.56. The summed E-state index contributed by atoms with van der Waals surface area (Å²) in [6, 6.07) is 16.1. The Morgan fingerprint density at radius 2 is 1.86 bits per heavy atom. The molecule has 3 N–H and O–H groups in total. The second kappa shape index (κ2) is 7.76. The second-order valence-electron chi connectivity index (χ2n) is 6.84. The fourth-order valence-corrected chi connectivity index (χ4v) is 3.38. The van der Waals surface area contributed by atoms with Gasteiger partial charge in [-0.3, -0.25) is 5.10 Å². The van der Waals surface area contributed by atoms with Gasteiger partial charge >= 0.3 is 0 Å². The molecule has 1 aliphatic rings. The number of rotatable bonds is 5. The van der Waals surface area contributed by atoms with E-state index in [0.717, 1.165) is 48.6 Å². The van der Waals surface area contributed by atoms with Crippen LogP contribution in [0.4, 0.5) is 28.8 Å². The molecule has 4 aromatic rings. The standard InChI is InChI=1S/C21H21N7O/c1-2-16(12-18(3-1)28-8-10-29-11-9-28)25-21-22-7-6-20(26-21)24-17-5-4-15-14-23-27-19(15)13-17/h1-7,12-14H,8-11H2,(H,23,27)(H2,22,24,25,26). The molecule has 0 bridgehead atoms. The number of benzene rings is 2. The number of nitrogens with one attached hydrogen (secondary N) is 3. The van der Waals surface area contributed by atoms with Crippen molar-refractivity contribution in [1.29, 1.82) is 0 Å². The molecule has 2 aromatic carbocycles. The van der Waals surface area contributed by atoms with Crippen LogP contribution in [0.2, 0.25) is 0 Å². The van der Waals surface area contributed by atoms with Crippen LogP contribution in [0.1, 0.15) is 0 Å². The molecule has 29 heavy (non-hydrogen) atoms. The highest BCUT2D eigenvalue weighted by Crippen LogP contribution is 2.24. The number of hydrogen-bond acceptors (Lipinski definition) is 7. The van der Waals surface area contributed by atoms with Gasteiger partial charge in [0.2, 0.25) is 5.95 Å². The summed E-state index contributed by atoms with van der Waals surface area (Å²) in [7, 11) is 0. The van der Waals surface area contributed by atoms with Crippen LogP contribution in [0.3, 0.4) is 0 Å². The van der Waals surface area contributed by atoms with Crippen molar-refractivity contribution in [3.8, 4) is 0 Å². The van der Waals surface area contributed by atoms with Crippen molar-refractivity contribution in [3.63, 3.8) is 0 Å². The predicted octanol–water partition coefficient (Wildman–Crippen LogP) is 3.68. The van der Waals surface area contributed by atoms with Gasteiger partial charge in [0.15, 0.2) is 0 Å². The van der Waals surface area contributed by atoms with E-state index in [0.29, 0.717) is 11.8 Å². The maximum absolute atomic E-state index is 5.44. The number of ether oxygens (including phenoxy) is 1. The minimum Gasteiger partial charge on any atom is -0.378 e. The van der Waals surface area contributed by atoms with Crippen LogP contribution in [0.25, 0.3) is 10.9 Å². The second-order valence-corrected chi connectivity index (χ2v) is 6.84. The van der Waals surface area contributed by atoms with Gasteiger partial charge < -0.3 is 20.3 Å². The maximum Gasteiger partial charge on any atom is 0.229 e. The topological polar surface area (TPSA) is 91.0 Å². The molecule has 0 amide bonds. The third-order valence-electron chi connectivity index (χ3n) is 4.85. The Balaban J connectivity index is 1.32. The van der Waals surface area contributed by atoms with Crippen molar-refractivity contribution >= 4 is 39.7 Å². The van der Waals surface area contributed by atoms with E-state index in [-0.39, 0.29) is 0 Å². The van der Waals surface area contributed by atoms with Gasteiger partial charge in [-0.25, -0.2) is 4.98 Å². The van der Waals surface area contributed by atoms with E-state index in [4.69, 9.17) is 4.74 Å². The van der Waals surface area contributed by atoms with E-state index in [2.05, 4.69) is 47.8 Å². The number of hydrogen-bond donors (Lipinski definition) is 3. The highest BCUT2D eigenvalue weighted by atomic mass is 16.5. The number of nitrogens with zero attached hydrogens (tertiary/aromatic N) is 4. The third-order valence-corrected chi connectivity index (χ3v) is 4.85. The zero-order chi connectivity index (χ0) is 19.5. The maximum atomic E-state index is 5.44. The molecule has 8 heteroatoms. The van der Waals surface area contributed by atoms with E-state index >= 15 is 0 Å². The molecule has 1 fully saturated rings. The molecule has 0 spiro atoms. The van der Waals surface area contributed by atoms with Gasteiger partial charge in [0.25, 0.3) is 0 Å². The van der Waals surface area contributed by atoms with Crippen molar-refractivity contribution in [2.75, 3.05) is 41.8 Å². The van der Waals surface area contributed by atoms with Crippen molar-refractivity contribution in [1.82, 2.24) is 20.2 Å². The van der Waals surface area contributed by atoms with E-state index < -0.39 is 0 Å². The minimum atomic E-state index is 0.539. The summed E-state index contributed by atoms with van der Waals surface area (Å²) in [5, 5.41) is 14.7. The zero-order valence-corrected chi connectivity index (χ0v) is 15.8. The molecular formula is C21H21N7O. The molecule has 0 radical (unpaired) electrons. The first-order valence-electron chi connectivity index (χ1n) is 9.56. The van der Waals surface area contributed by atoms with Crippen molar-refractivity contribution < 1.29 is 4.74 Å². The number of H-pyrrole nitrogens is 1. The first-order chi connectivity index (χ1) is 14.3. The summed E-state index contributed by atoms with van der Waals surface area (Å²) >= 11 is 0. The molecule has 8 nitrogen and oxygen atoms in total. The highest BCUT2D eigenvalue weighted by molar-refractivity contribution is 5.82. The molecule has 0 unspecified atom stereocenters. The Bertz CT molecular complexity index is 1120. The third kappa shape index (κ3) is 3.97. The summed E-state index contributed by atoms with van der Waals surface area (Å²) in [5.74, 6) is 1.25. The molecule has 146 valence electrons. The highest BCUT2D eigenvalue weighted by Gasteiger charge is 2.11. The molecule has 5 rings (SSSR count). The monoisotopic (exact) mass is 387 g/mol. The molecule has 2 aromatic heterocycles. The average Bonchev–Trinajstić information content (AvgIpc) is 3.23. The number of fused-ring (bicyclic) bond motifs is 1. The predicted molar refractivity (Wildman–Crippen MR) is 114 cm³/mol. The zero-order valence-electron chi connectivity index (χ0n) is 15.8. The van der Waals surface area contributed by atoms with Gasteiger partial charge in [0.05, 0.1) is 24.9 Å². The molecular weight excluding hydrogens is 366 g/mol.